The van der Waals surface area contributed by atoms with Crippen LogP contribution in [-0.2, 0) is 7.05 Å². The summed E-state index contributed by atoms with van der Waals surface area (Å²) < 4.78 is 13.1. The molecule has 34 heavy (non-hydrogen) atoms. The standard InChI is InChI=1S/C25H27N7O2/c1-12-21(13(2)34-31-12)17-9-18-16(10-20(17)33-5)22-24(28-18)26-14(3)27-25(22)29-19-11-32(4)30-23(19)15-7-6-8-15/h9-11,15H,6-8H2,1-5H3,(H2,26,27,28,29). The highest BCUT2D eigenvalue weighted by molar-refractivity contribution is 6.13. The first-order valence-electron chi connectivity index (χ1n) is 11.5. The fourth-order valence-corrected chi connectivity index (χ4v) is 4.97. The Morgan fingerprint density at radius 1 is 1.18 bits per heavy atom. The number of benzene rings is 1. The van der Waals surface area contributed by atoms with Gasteiger partial charge in [-0.1, -0.05) is 11.6 Å². The number of anilines is 2. The van der Waals surface area contributed by atoms with E-state index in [1.54, 1.807) is 7.11 Å². The first-order valence-corrected chi connectivity index (χ1v) is 11.5. The quantitative estimate of drug-likeness (QED) is 0.362. The van der Waals surface area contributed by atoms with Crippen LogP contribution in [0.4, 0.5) is 11.5 Å². The smallest absolute Gasteiger partial charge is 0.144 e. The molecule has 0 spiro atoms. The number of H-pyrrole nitrogens is 1. The van der Waals surface area contributed by atoms with Gasteiger partial charge in [-0.05, 0) is 45.7 Å². The predicted molar refractivity (Wildman–Crippen MR) is 131 cm³/mol. The molecule has 1 aliphatic carbocycles. The third-order valence-corrected chi connectivity index (χ3v) is 6.79. The molecule has 0 bridgehead atoms. The maximum absolute atomic E-state index is 5.81. The van der Waals surface area contributed by atoms with Crippen LogP contribution in [0.15, 0.2) is 22.9 Å². The summed E-state index contributed by atoms with van der Waals surface area (Å²) >= 11 is 0. The second-order valence-corrected chi connectivity index (χ2v) is 9.12. The lowest BCUT2D eigenvalue weighted by molar-refractivity contribution is 0.393. The van der Waals surface area contributed by atoms with Gasteiger partial charge in [-0.3, -0.25) is 4.68 Å². The first kappa shape index (κ1) is 20.7. The number of fused-ring (bicyclic) bond motifs is 3. The number of aromatic amines is 1. The van der Waals surface area contributed by atoms with E-state index >= 15 is 0 Å². The number of nitrogens with zero attached hydrogens (tertiary/aromatic N) is 5. The van der Waals surface area contributed by atoms with E-state index in [9.17, 15) is 0 Å². The van der Waals surface area contributed by atoms with Gasteiger partial charge in [0.2, 0.25) is 0 Å². The zero-order valence-electron chi connectivity index (χ0n) is 20.0. The van der Waals surface area contributed by atoms with E-state index in [-0.39, 0.29) is 0 Å². The molecule has 1 aliphatic rings. The number of hydrogen-bond acceptors (Lipinski definition) is 7. The Bertz CT molecular complexity index is 1540. The molecule has 6 rings (SSSR count). The monoisotopic (exact) mass is 457 g/mol. The van der Waals surface area contributed by atoms with Crippen molar-refractivity contribution in [3.63, 3.8) is 0 Å². The Balaban J connectivity index is 1.55. The number of rotatable bonds is 5. The van der Waals surface area contributed by atoms with Crippen molar-refractivity contribution in [3.8, 4) is 16.9 Å². The van der Waals surface area contributed by atoms with Crippen LogP contribution < -0.4 is 10.1 Å². The molecule has 1 fully saturated rings. The summed E-state index contributed by atoms with van der Waals surface area (Å²) in [6, 6.07) is 4.11. The van der Waals surface area contributed by atoms with Gasteiger partial charge in [0.15, 0.2) is 0 Å². The zero-order valence-corrected chi connectivity index (χ0v) is 20.0. The lowest BCUT2D eigenvalue weighted by Gasteiger charge is -2.24. The number of aryl methyl sites for hydroxylation is 4. The highest BCUT2D eigenvalue weighted by atomic mass is 16.5. The second-order valence-electron chi connectivity index (χ2n) is 9.12. The van der Waals surface area contributed by atoms with Crippen LogP contribution in [0.25, 0.3) is 33.1 Å². The maximum atomic E-state index is 5.81. The molecule has 9 nitrogen and oxygen atoms in total. The van der Waals surface area contributed by atoms with Gasteiger partial charge in [0.25, 0.3) is 0 Å². The molecule has 0 atom stereocenters. The molecule has 4 aromatic heterocycles. The molecule has 5 aromatic rings. The molecule has 2 N–H and O–H groups in total. The Morgan fingerprint density at radius 2 is 2.00 bits per heavy atom. The highest BCUT2D eigenvalue weighted by Crippen LogP contribution is 2.43. The van der Waals surface area contributed by atoms with Crippen LogP contribution in [-0.4, -0.2) is 37.0 Å². The number of ether oxygens (including phenoxy) is 1. The van der Waals surface area contributed by atoms with Crippen LogP contribution in [0, 0.1) is 20.8 Å². The van der Waals surface area contributed by atoms with E-state index in [1.807, 2.05) is 44.8 Å². The van der Waals surface area contributed by atoms with Crippen LogP contribution in [0.2, 0.25) is 0 Å². The van der Waals surface area contributed by atoms with Crippen molar-refractivity contribution >= 4 is 33.4 Å². The number of nitrogens with one attached hydrogen (secondary N) is 2. The molecule has 0 aliphatic heterocycles. The van der Waals surface area contributed by atoms with Crippen molar-refractivity contribution in [3.05, 3.63) is 41.3 Å². The molecule has 4 heterocycles. The maximum Gasteiger partial charge on any atom is 0.144 e. The van der Waals surface area contributed by atoms with Crippen LogP contribution >= 0.6 is 0 Å². The Kier molecular flexibility index (Phi) is 4.62. The van der Waals surface area contributed by atoms with E-state index in [2.05, 4.69) is 26.5 Å². The normalized spacial score (nSPS) is 14.1. The summed E-state index contributed by atoms with van der Waals surface area (Å²) in [4.78, 5) is 13.0. The summed E-state index contributed by atoms with van der Waals surface area (Å²) in [5.41, 5.74) is 6.52. The lowest BCUT2D eigenvalue weighted by Crippen LogP contribution is -2.11. The van der Waals surface area contributed by atoms with E-state index in [0.717, 1.165) is 67.5 Å². The fourth-order valence-electron chi connectivity index (χ4n) is 4.97. The Hall–Kier alpha value is -3.88. The van der Waals surface area contributed by atoms with Crippen molar-refractivity contribution in [2.75, 3.05) is 12.4 Å². The van der Waals surface area contributed by atoms with Crippen molar-refractivity contribution in [2.45, 2.75) is 46.0 Å². The molecule has 1 aromatic carbocycles. The van der Waals surface area contributed by atoms with Gasteiger partial charge < -0.3 is 19.6 Å². The average molecular weight is 458 g/mol. The summed E-state index contributed by atoms with van der Waals surface area (Å²) in [5.74, 6) is 3.45. The molecule has 9 heteroatoms. The van der Waals surface area contributed by atoms with Crippen molar-refractivity contribution in [1.29, 1.82) is 0 Å². The molecule has 174 valence electrons. The number of methoxy groups -OCH3 is 1. The summed E-state index contributed by atoms with van der Waals surface area (Å²) in [6.45, 7) is 5.75. The van der Waals surface area contributed by atoms with Gasteiger partial charge in [-0.15, -0.1) is 0 Å². The largest absolute Gasteiger partial charge is 0.496 e. The molecule has 1 saturated carbocycles. The van der Waals surface area contributed by atoms with Gasteiger partial charge in [0.1, 0.15) is 28.8 Å². The predicted octanol–water partition coefficient (Wildman–Crippen LogP) is 5.44. The number of aromatic nitrogens is 6. The van der Waals surface area contributed by atoms with E-state index in [1.165, 1.54) is 19.3 Å². The molecular weight excluding hydrogens is 430 g/mol. The second kappa shape index (κ2) is 7.58. The fraction of sp³-hybridized carbons (Fsp3) is 0.360. The third kappa shape index (κ3) is 3.14. The van der Waals surface area contributed by atoms with Crippen molar-refractivity contribution in [1.82, 2.24) is 29.9 Å². The van der Waals surface area contributed by atoms with Gasteiger partial charge in [0.05, 0.1) is 35.1 Å². The van der Waals surface area contributed by atoms with Crippen molar-refractivity contribution < 1.29 is 9.26 Å². The Morgan fingerprint density at radius 3 is 2.68 bits per heavy atom. The minimum Gasteiger partial charge on any atom is -0.496 e. The van der Waals surface area contributed by atoms with Crippen LogP contribution in [0.3, 0.4) is 0 Å². The minimum absolute atomic E-state index is 0.503. The first-order chi connectivity index (χ1) is 16.4. The van der Waals surface area contributed by atoms with Gasteiger partial charge in [0, 0.05) is 35.6 Å². The summed E-state index contributed by atoms with van der Waals surface area (Å²) in [7, 11) is 3.64. The Labute approximate surface area is 196 Å². The average Bonchev–Trinajstić information content (AvgIpc) is 3.40. The van der Waals surface area contributed by atoms with Gasteiger partial charge in [-0.25, -0.2) is 9.97 Å². The molecule has 0 amide bonds. The molecule has 0 radical (unpaired) electrons. The van der Waals surface area contributed by atoms with Crippen LogP contribution in [0.5, 0.6) is 5.75 Å². The highest BCUT2D eigenvalue weighted by Gasteiger charge is 2.26. The molecule has 0 unspecified atom stereocenters. The zero-order chi connectivity index (χ0) is 23.6. The van der Waals surface area contributed by atoms with Gasteiger partial charge >= 0.3 is 0 Å². The third-order valence-electron chi connectivity index (χ3n) is 6.79. The van der Waals surface area contributed by atoms with Gasteiger partial charge in [-0.2, -0.15) is 5.10 Å². The molecule has 0 saturated heterocycles. The topological polar surface area (TPSA) is 107 Å². The van der Waals surface area contributed by atoms with E-state index in [4.69, 9.17) is 19.3 Å². The van der Waals surface area contributed by atoms with E-state index in [0.29, 0.717) is 11.7 Å². The van der Waals surface area contributed by atoms with Crippen LogP contribution in [0.1, 0.15) is 48.2 Å². The lowest BCUT2D eigenvalue weighted by atomic mass is 9.82. The number of hydrogen-bond donors (Lipinski definition) is 2. The molecular formula is C25H27N7O2. The minimum atomic E-state index is 0.503. The summed E-state index contributed by atoms with van der Waals surface area (Å²) in [5, 5.41) is 14.3. The van der Waals surface area contributed by atoms with E-state index < -0.39 is 0 Å². The SMILES string of the molecule is COc1cc2c(cc1-c1c(C)noc1C)[nH]c1nc(C)nc(Nc3cn(C)nc3C3CCC3)c12. The van der Waals surface area contributed by atoms with Crippen molar-refractivity contribution in [2.24, 2.45) is 7.05 Å². The summed E-state index contributed by atoms with van der Waals surface area (Å²) in [6.07, 6.45) is 5.65.